The lowest BCUT2D eigenvalue weighted by Gasteiger charge is -2.29. The van der Waals surface area contributed by atoms with Gasteiger partial charge < -0.3 is 24.4 Å². The molecule has 1 aromatic heterocycles. The fourth-order valence-corrected chi connectivity index (χ4v) is 5.23. The maximum Gasteiger partial charge on any atom is 0.290 e. The van der Waals surface area contributed by atoms with E-state index in [1.807, 2.05) is 26.8 Å². The summed E-state index contributed by atoms with van der Waals surface area (Å²) in [6.07, 6.45) is 0. The van der Waals surface area contributed by atoms with Gasteiger partial charge in [0.25, 0.3) is 5.91 Å². The second kappa shape index (κ2) is 11.7. The number of carbonyl (C=O) groups is 2. The molecule has 0 bridgehead atoms. The number of aliphatic hydroxyl groups excluding tert-OH is 1. The molecule has 0 fully saturated rings. The second-order valence-electron chi connectivity index (χ2n) is 8.24. The molecule has 1 atom stereocenters. The van der Waals surface area contributed by atoms with Gasteiger partial charge in [0.1, 0.15) is 0 Å². The lowest BCUT2D eigenvalue weighted by molar-refractivity contribution is -0.129. The van der Waals surface area contributed by atoms with Crippen LogP contribution >= 0.6 is 11.3 Å². The molecule has 1 aliphatic heterocycles. The second-order valence-corrected chi connectivity index (χ2v) is 9.44. The number of amides is 1. The molecule has 3 rings (SSSR count). The van der Waals surface area contributed by atoms with E-state index >= 15 is 0 Å². The standard InChI is InChI=1S/C26H35N3O5S/c1-7-28(8-2)13-14-29-22(18-11-12-19(33-9-3)20(15-18)34-10-4)21(24(31)26(29)32)23(30)25-16(5)27-17(6)35-25/h11-12,15,22,31H,7-10,13-14H2,1-6H3. The molecule has 9 heteroatoms. The number of hydrogen-bond acceptors (Lipinski definition) is 8. The number of benzene rings is 1. The molecule has 1 amide bonds. The Labute approximate surface area is 211 Å². The minimum Gasteiger partial charge on any atom is -0.503 e. The van der Waals surface area contributed by atoms with E-state index in [1.165, 1.54) is 11.3 Å². The number of ether oxygens (including phenoxy) is 2. The number of aliphatic hydroxyl groups is 1. The van der Waals surface area contributed by atoms with Gasteiger partial charge in [-0.1, -0.05) is 19.9 Å². The zero-order valence-corrected chi connectivity index (χ0v) is 22.2. The Morgan fingerprint density at radius 1 is 1.11 bits per heavy atom. The predicted octanol–water partition coefficient (Wildman–Crippen LogP) is 4.48. The molecule has 2 heterocycles. The maximum absolute atomic E-state index is 13.7. The van der Waals surface area contributed by atoms with E-state index in [1.54, 1.807) is 24.0 Å². The minimum atomic E-state index is -0.748. The molecule has 0 saturated heterocycles. The molecule has 1 N–H and O–H groups in total. The van der Waals surface area contributed by atoms with Crippen molar-refractivity contribution in [3.05, 3.63) is 50.7 Å². The largest absolute Gasteiger partial charge is 0.503 e. The number of nitrogens with zero attached hydrogens (tertiary/aromatic N) is 3. The van der Waals surface area contributed by atoms with Crippen molar-refractivity contribution in [2.75, 3.05) is 39.4 Å². The number of hydrogen-bond donors (Lipinski definition) is 1. The van der Waals surface area contributed by atoms with Gasteiger partial charge in [-0.05, 0) is 58.5 Å². The number of ketones is 1. The van der Waals surface area contributed by atoms with Crippen molar-refractivity contribution in [3.63, 3.8) is 0 Å². The first-order valence-corrected chi connectivity index (χ1v) is 12.9. The molecular weight excluding hydrogens is 466 g/mol. The number of aromatic nitrogens is 1. The first kappa shape index (κ1) is 26.7. The van der Waals surface area contributed by atoms with Crippen molar-refractivity contribution >= 4 is 23.0 Å². The van der Waals surface area contributed by atoms with E-state index in [0.717, 1.165) is 18.1 Å². The molecule has 1 aromatic carbocycles. The highest BCUT2D eigenvalue weighted by Gasteiger charge is 2.44. The van der Waals surface area contributed by atoms with E-state index in [2.05, 4.69) is 23.7 Å². The molecule has 1 aliphatic rings. The fraction of sp³-hybridized carbons (Fsp3) is 0.500. The van der Waals surface area contributed by atoms with Crippen LogP contribution < -0.4 is 9.47 Å². The van der Waals surface area contributed by atoms with E-state index in [4.69, 9.17) is 9.47 Å². The Morgan fingerprint density at radius 3 is 2.34 bits per heavy atom. The first-order chi connectivity index (χ1) is 16.8. The molecule has 8 nitrogen and oxygen atoms in total. The van der Waals surface area contributed by atoms with Crippen molar-refractivity contribution in [2.24, 2.45) is 0 Å². The molecule has 35 heavy (non-hydrogen) atoms. The van der Waals surface area contributed by atoms with Gasteiger partial charge >= 0.3 is 0 Å². The lowest BCUT2D eigenvalue weighted by Crippen LogP contribution is -2.38. The summed E-state index contributed by atoms with van der Waals surface area (Å²) in [6, 6.07) is 4.67. The predicted molar refractivity (Wildman–Crippen MR) is 137 cm³/mol. The quantitative estimate of drug-likeness (QED) is 0.429. The van der Waals surface area contributed by atoms with Crippen LogP contribution in [0.15, 0.2) is 29.5 Å². The summed E-state index contributed by atoms with van der Waals surface area (Å²) in [5, 5.41) is 11.7. The van der Waals surface area contributed by atoms with Crippen LogP contribution in [0.3, 0.4) is 0 Å². The van der Waals surface area contributed by atoms with Crippen molar-refractivity contribution in [1.29, 1.82) is 0 Å². The van der Waals surface area contributed by atoms with Crippen molar-refractivity contribution in [3.8, 4) is 11.5 Å². The zero-order chi connectivity index (χ0) is 25.7. The van der Waals surface area contributed by atoms with Gasteiger partial charge in [0, 0.05) is 13.1 Å². The van der Waals surface area contributed by atoms with Crippen LogP contribution in [-0.2, 0) is 4.79 Å². The Morgan fingerprint density at radius 2 is 1.77 bits per heavy atom. The zero-order valence-electron chi connectivity index (χ0n) is 21.4. The van der Waals surface area contributed by atoms with E-state index in [-0.39, 0.29) is 11.4 Å². The van der Waals surface area contributed by atoms with Crippen molar-refractivity contribution < 1.29 is 24.2 Å². The molecule has 0 spiro atoms. The van der Waals surface area contributed by atoms with Gasteiger partial charge in [0.05, 0.1) is 40.4 Å². The molecule has 2 aromatic rings. The fourth-order valence-electron chi connectivity index (χ4n) is 4.35. The SMILES string of the molecule is CCOc1ccc(C2C(C(=O)c3sc(C)nc3C)=C(O)C(=O)N2CCN(CC)CC)cc1OCC. The topological polar surface area (TPSA) is 92.2 Å². The third-order valence-corrected chi connectivity index (χ3v) is 7.16. The van der Waals surface area contributed by atoms with Gasteiger partial charge in [0.2, 0.25) is 5.78 Å². The maximum atomic E-state index is 13.7. The highest BCUT2D eigenvalue weighted by atomic mass is 32.1. The normalized spacial score (nSPS) is 15.9. The van der Waals surface area contributed by atoms with E-state index < -0.39 is 17.7 Å². The third-order valence-electron chi connectivity index (χ3n) is 6.09. The first-order valence-electron chi connectivity index (χ1n) is 12.1. The number of likely N-dealkylation sites (N-methyl/N-ethyl adjacent to an activating group) is 1. The van der Waals surface area contributed by atoms with Crippen LogP contribution in [-0.4, -0.2) is 71.0 Å². The van der Waals surface area contributed by atoms with Crippen LogP contribution in [0.4, 0.5) is 0 Å². The Bertz CT molecular complexity index is 1110. The Hall–Kier alpha value is -2.91. The van der Waals surface area contributed by atoms with Crippen LogP contribution in [0.1, 0.15) is 59.7 Å². The molecule has 1 unspecified atom stereocenters. The van der Waals surface area contributed by atoms with Gasteiger partial charge in [-0.2, -0.15) is 0 Å². The number of aryl methyl sites for hydroxylation is 2. The van der Waals surface area contributed by atoms with Crippen LogP contribution in [0.2, 0.25) is 0 Å². The summed E-state index contributed by atoms with van der Waals surface area (Å²) < 4.78 is 11.5. The molecule has 0 aliphatic carbocycles. The van der Waals surface area contributed by atoms with Gasteiger partial charge in [-0.3, -0.25) is 9.59 Å². The van der Waals surface area contributed by atoms with E-state index in [0.29, 0.717) is 53.9 Å². The minimum absolute atomic E-state index is 0.0768. The summed E-state index contributed by atoms with van der Waals surface area (Å²) in [5.74, 6) is -0.299. The average molecular weight is 502 g/mol. The highest BCUT2D eigenvalue weighted by Crippen LogP contribution is 2.42. The lowest BCUT2D eigenvalue weighted by atomic mass is 9.94. The van der Waals surface area contributed by atoms with Crippen LogP contribution in [0, 0.1) is 13.8 Å². The smallest absolute Gasteiger partial charge is 0.290 e. The number of Topliss-reactive ketones (excluding diaryl/α,β-unsaturated/α-hetero) is 1. The summed E-state index contributed by atoms with van der Waals surface area (Å²) in [7, 11) is 0. The summed E-state index contributed by atoms with van der Waals surface area (Å²) in [4.78, 5) is 35.6. The summed E-state index contributed by atoms with van der Waals surface area (Å²) >= 11 is 1.27. The molecule has 190 valence electrons. The Balaban J connectivity index is 2.11. The van der Waals surface area contributed by atoms with Crippen LogP contribution in [0.25, 0.3) is 0 Å². The van der Waals surface area contributed by atoms with Gasteiger partial charge in [-0.15, -0.1) is 11.3 Å². The van der Waals surface area contributed by atoms with Gasteiger partial charge in [0.15, 0.2) is 17.3 Å². The highest BCUT2D eigenvalue weighted by molar-refractivity contribution is 7.14. The molecular formula is C26H35N3O5S. The van der Waals surface area contributed by atoms with E-state index in [9.17, 15) is 14.7 Å². The number of thiazole rings is 1. The summed E-state index contributed by atoms with van der Waals surface area (Å²) in [5.41, 5.74) is 1.34. The molecule has 0 radical (unpaired) electrons. The number of carbonyl (C=O) groups excluding carboxylic acids is 2. The van der Waals surface area contributed by atoms with Crippen LogP contribution in [0.5, 0.6) is 11.5 Å². The van der Waals surface area contributed by atoms with Crippen molar-refractivity contribution in [1.82, 2.24) is 14.8 Å². The third kappa shape index (κ3) is 5.51. The number of rotatable bonds is 12. The van der Waals surface area contributed by atoms with Gasteiger partial charge in [-0.25, -0.2) is 4.98 Å². The summed E-state index contributed by atoms with van der Waals surface area (Å²) in [6.45, 7) is 15.1. The monoisotopic (exact) mass is 501 g/mol. The van der Waals surface area contributed by atoms with Crippen molar-refractivity contribution in [2.45, 2.75) is 47.6 Å². The molecule has 0 saturated carbocycles. The Kier molecular flexibility index (Phi) is 8.91. The average Bonchev–Trinajstić information content (AvgIpc) is 3.31.